The summed E-state index contributed by atoms with van der Waals surface area (Å²) in [6.45, 7) is 6.79. The van der Waals surface area contributed by atoms with Gasteiger partial charge in [-0.15, -0.1) is 5.10 Å². The lowest BCUT2D eigenvalue weighted by Gasteiger charge is -2.25. The van der Waals surface area contributed by atoms with Crippen molar-refractivity contribution in [1.82, 2.24) is 36.2 Å². The molecular weight excluding hydrogens is 476 g/mol. The van der Waals surface area contributed by atoms with Crippen LogP contribution in [0.25, 0.3) is 0 Å². The molecule has 3 amide bonds. The summed E-state index contributed by atoms with van der Waals surface area (Å²) in [4.78, 5) is 53.6. The van der Waals surface area contributed by atoms with Gasteiger partial charge in [-0.25, -0.2) is 0 Å². The molecule has 3 unspecified atom stereocenters. The van der Waals surface area contributed by atoms with Gasteiger partial charge in [-0.1, -0.05) is 56.2 Å². The van der Waals surface area contributed by atoms with Crippen LogP contribution in [-0.2, 0) is 32.1 Å². The molecule has 0 aliphatic heterocycles. The number of benzene rings is 1. The van der Waals surface area contributed by atoms with E-state index in [-0.39, 0.29) is 30.6 Å². The number of anilines is 1. The van der Waals surface area contributed by atoms with Crippen molar-refractivity contribution in [3.8, 4) is 0 Å². The number of nitrogens with one attached hydrogen (secondary N) is 3. The van der Waals surface area contributed by atoms with Crippen LogP contribution in [0.2, 0.25) is 0 Å². The molecule has 3 N–H and O–H groups in total. The first kappa shape index (κ1) is 29.4. The highest BCUT2D eigenvalue weighted by Crippen LogP contribution is 2.07. The third-order valence-corrected chi connectivity index (χ3v) is 5.75. The van der Waals surface area contributed by atoms with E-state index in [2.05, 4.69) is 31.4 Å². The molecule has 202 valence electrons. The maximum atomic E-state index is 12.9. The van der Waals surface area contributed by atoms with Gasteiger partial charge in [-0.05, 0) is 36.5 Å². The number of hydrogen-bond acceptors (Lipinski definition) is 8. The molecule has 3 atom stereocenters. The van der Waals surface area contributed by atoms with Gasteiger partial charge in [0.1, 0.15) is 18.6 Å². The largest absolute Gasteiger partial charge is 0.344 e. The van der Waals surface area contributed by atoms with Crippen molar-refractivity contribution < 1.29 is 19.2 Å². The number of hydrogen-bond donors (Lipinski definition) is 3. The molecule has 0 spiro atoms. The number of ketones is 1. The van der Waals surface area contributed by atoms with Gasteiger partial charge in [0.15, 0.2) is 5.78 Å². The molecule has 0 aliphatic carbocycles. The number of tetrazole rings is 1. The quantitative estimate of drug-likeness (QED) is 0.329. The molecule has 2 aromatic rings. The average Bonchev–Trinajstić information content (AvgIpc) is 3.33. The molecule has 37 heavy (non-hydrogen) atoms. The van der Waals surface area contributed by atoms with E-state index in [4.69, 9.17) is 0 Å². The number of aromatic nitrogens is 4. The first-order chi connectivity index (χ1) is 17.5. The summed E-state index contributed by atoms with van der Waals surface area (Å²) < 4.78 is 0. The van der Waals surface area contributed by atoms with E-state index in [1.165, 1.54) is 11.7 Å². The number of nitrogens with zero attached hydrogens (tertiary/aromatic N) is 5. The number of carbonyl (C=O) groups excluding carboxylic acids is 4. The van der Waals surface area contributed by atoms with Crippen LogP contribution in [0.5, 0.6) is 0 Å². The molecule has 1 aromatic heterocycles. The molecule has 0 saturated carbocycles. The van der Waals surface area contributed by atoms with Crippen LogP contribution in [0.15, 0.2) is 30.3 Å². The van der Waals surface area contributed by atoms with Gasteiger partial charge in [0.2, 0.25) is 17.7 Å². The Morgan fingerprint density at radius 2 is 1.65 bits per heavy atom. The molecule has 1 aromatic carbocycles. The molecule has 12 heteroatoms. The summed E-state index contributed by atoms with van der Waals surface area (Å²) in [7, 11) is 3.52. The lowest BCUT2D eigenvalue weighted by molar-refractivity contribution is -0.133. The van der Waals surface area contributed by atoms with Crippen LogP contribution in [0.3, 0.4) is 0 Å². The van der Waals surface area contributed by atoms with Crippen molar-refractivity contribution in [2.24, 2.45) is 5.92 Å². The summed E-state index contributed by atoms with van der Waals surface area (Å²) >= 11 is 0. The fourth-order valence-electron chi connectivity index (χ4n) is 3.49. The van der Waals surface area contributed by atoms with Gasteiger partial charge in [0, 0.05) is 20.5 Å². The molecule has 0 radical (unpaired) electrons. The van der Waals surface area contributed by atoms with Crippen molar-refractivity contribution in [2.45, 2.75) is 71.6 Å². The van der Waals surface area contributed by atoms with Gasteiger partial charge in [0.05, 0.1) is 6.04 Å². The lowest BCUT2D eigenvalue weighted by Crippen LogP contribution is -2.56. The van der Waals surface area contributed by atoms with Crippen LogP contribution < -0.4 is 20.9 Å². The Bertz CT molecular complexity index is 1050. The topological polar surface area (TPSA) is 151 Å². The Morgan fingerprint density at radius 3 is 2.22 bits per heavy atom. The number of aryl methyl sites for hydroxylation is 1. The van der Waals surface area contributed by atoms with E-state index < -0.39 is 29.9 Å². The number of Topliss-reactive ketones (excluding diaryl/α,β-unsaturated/α-hetero) is 1. The third-order valence-electron chi connectivity index (χ3n) is 5.75. The lowest BCUT2D eigenvalue weighted by atomic mass is 10.0. The fraction of sp³-hybridized carbons (Fsp3) is 0.560. The standard InChI is InChI=1S/C25H38N8O4/c1-7-19(20(34)15-33-30-25(29-31-33)32(5)6)27-23(36)17(4)26-24(37)22(16(2)3)28-21(35)14-13-18-11-9-8-10-12-18/h8-12,16-17,19,22H,7,13-15H2,1-6H3,(H,26,37)(H,27,36)(H,28,35). The number of rotatable bonds is 14. The summed E-state index contributed by atoms with van der Waals surface area (Å²) in [5.41, 5.74) is 1.03. The van der Waals surface area contributed by atoms with E-state index in [0.29, 0.717) is 18.8 Å². The maximum Gasteiger partial charge on any atom is 0.265 e. The molecule has 0 bridgehead atoms. The second-order valence-corrected chi connectivity index (χ2v) is 9.46. The van der Waals surface area contributed by atoms with Crippen LogP contribution in [0.1, 0.15) is 46.1 Å². The first-order valence-corrected chi connectivity index (χ1v) is 12.4. The SMILES string of the molecule is CCC(NC(=O)C(C)NC(=O)C(NC(=O)CCc1ccccc1)C(C)C)C(=O)Cn1nnc(N(C)C)n1. The number of amides is 3. The monoisotopic (exact) mass is 514 g/mol. The Morgan fingerprint density at radius 1 is 0.973 bits per heavy atom. The zero-order valence-corrected chi connectivity index (χ0v) is 22.4. The summed E-state index contributed by atoms with van der Waals surface area (Å²) in [5, 5.41) is 19.9. The summed E-state index contributed by atoms with van der Waals surface area (Å²) in [6, 6.07) is 7.12. The van der Waals surface area contributed by atoms with Crippen molar-refractivity contribution in [3.63, 3.8) is 0 Å². The first-order valence-electron chi connectivity index (χ1n) is 12.4. The Balaban J connectivity index is 1.89. The van der Waals surface area contributed by atoms with Gasteiger partial charge < -0.3 is 20.9 Å². The van der Waals surface area contributed by atoms with E-state index in [9.17, 15) is 19.2 Å². The van der Waals surface area contributed by atoms with Crippen LogP contribution >= 0.6 is 0 Å². The van der Waals surface area contributed by atoms with Crippen LogP contribution in [0, 0.1) is 5.92 Å². The highest BCUT2D eigenvalue weighted by atomic mass is 16.2. The zero-order valence-electron chi connectivity index (χ0n) is 22.4. The van der Waals surface area contributed by atoms with Crippen LogP contribution in [-0.4, -0.2) is 75.9 Å². The normalized spacial score (nSPS) is 13.4. The smallest absolute Gasteiger partial charge is 0.265 e. The summed E-state index contributed by atoms with van der Waals surface area (Å²) in [6.07, 6.45) is 1.16. The molecule has 2 rings (SSSR count). The highest BCUT2D eigenvalue weighted by molar-refractivity contribution is 5.94. The Hall–Kier alpha value is -3.83. The molecule has 0 aliphatic rings. The summed E-state index contributed by atoms with van der Waals surface area (Å²) in [5.74, 6) is -1.33. The predicted molar refractivity (Wildman–Crippen MR) is 139 cm³/mol. The maximum absolute atomic E-state index is 12.9. The highest BCUT2D eigenvalue weighted by Gasteiger charge is 2.28. The Labute approximate surface area is 217 Å². The van der Waals surface area contributed by atoms with Gasteiger partial charge in [-0.2, -0.15) is 4.80 Å². The second-order valence-electron chi connectivity index (χ2n) is 9.46. The molecule has 0 fully saturated rings. The van der Waals surface area contributed by atoms with Gasteiger partial charge in [-0.3, -0.25) is 19.2 Å². The number of carbonyl (C=O) groups is 4. The van der Waals surface area contributed by atoms with Crippen molar-refractivity contribution in [2.75, 3.05) is 19.0 Å². The van der Waals surface area contributed by atoms with Gasteiger partial charge >= 0.3 is 0 Å². The minimum absolute atomic E-state index is 0.148. The van der Waals surface area contributed by atoms with E-state index >= 15 is 0 Å². The third kappa shape index (κ3) is 9.28. The molecule has 0 saturated heterocycles. The molecule has 12 nitrogen and oxygen atoms in total. The van der Waals surface area contributed by atoms with Crippen molar-refractivity contribution >= 4 is 29.5 Å². The van der Waals surface area contributed by atoms with Gasteiger partial charge in [0.25, 0.3) is 5.95 Å². The van der Waals surface area contributed by atoms with Crippen molar-refractivity contribution in [1.29, 1.82) is 0 Å². The molecular formula is C25H38N8O4. The second kappa shape index (κ2) is 14.0. The van der Waals surface area contributed by atoms with Crippen molar-refractivity contribution in [3.05, 3.63) is 35.9 Å². The minimum Gasteiger partial charge on any atom is -0.344 e. The average molecular weight is 515 g/mol. The predicted octanol–water partition coefficient (Wildman–Crippen LogP) is 0.481. The Kier molecular flexibility index (Phi) is 11.2. The van der Waals surface area contributed by atoms with Crippen LogP contribution in [0.4, 0.5) is 5.95 Å². The van der Waals surface area contributed by atoms with E-state index in [1.54, 1.807) is 25.9 Å². The van der Waals surface area contributed by atoms with E-state index in [0.717, 1.165) is 5.56 Å². The van der Waals surface area contributed by atoms with E-state index in [1.807, 2.05) is 44.2 Å². The molecule has 1 heterocycles. The fourth-order valence-corrected chi connectivity index (χ4v) is 3.49. The minimum atomic E-state index is -0.915. The zero-order chi connectivity index (χ0) is 27.5.